The standard InChI is InChI=1S/C17H25N3O/c1-13(2)20(3)12-5-4-10-19-17(21)15-8-6-7-14-9-11-18-16(14)15/h6-9,11,13,18H,4-5,10,12H2,1-3H3,(H,19,21). The number of fused-ring (bicyclic) bond motifs is 1. The number of aromatic amines is 1. The predicted octanol–water partition coefficient (Wildman–Crippen LogP) is 3.02. The molecule has 0 radical (unpaired) electrons. The van der Waals surface area contributed by atoms with Gasteiger partial charge in [0.2, 0.25) is 0 Å². The van der Waals surface area contributed by atoms with Crippen molar-refractivity contribution in [2.45, 2.75) is 32.7 Å². The van der Waals surface area contributed by atoms with Crippen LogP contribution in [0, 0.1) is 0 Å². The summed E-state index contributed by atoms with van der Waals surface area (Å²) >= 11 is 0. The van der Waals surface area contributed by atoms with Gasteiger partial charge in [-0.3, -0.25) is 4.79 Å². The smallest absolute Gasteiger partial charge is 0.253 e. The van der Waals surface area contributed by atoms with Crippen LogP contribution < -0.4 is 5.32 Å². The first-order chi connectivity index (χ1) is 10.1. The number of para-hydroxylation sites is 1. The molecular formula is C17H25N3O. The van der Waals surface area contributed by atoms with Gasteiger partial charge in [0.05, 0.1) is 11.1 Å². The van der Waals surface area contributed by atoms with Crippen molar-refractivity contribution in [2.75, 3.05) is 20.1 Å². The summed E-state index contributed by atoms with van der Waals surface area (Å²) in [5, 5.41) is 4.08. The highest BCUT2D eigenvalue weighted by Gasteiger charge is 2.10. The summed E-state index contributed by atoms with van der Waals surface area (Å²) in [5.74, 6) is 0.000245. The van der Waals surface area contributed by atoms with E-state index in [0.29, 0.717) is 6.04 Å². The van der Waals surface area contributed by atoms with Crippen LogP contribution in [-0.2, 0) is 0 Å². The van der Waals surface area contributed by atoms with Crippen LogP contribution in [0.15, 0.2) is 30.5 Å². The molecule has 1 amide bonds. The van der Waals surface area contributed by atoms with Gasteiger partial charge in [-0.25, -0.2) is 0 Å². The fraction of sp³-hybridized carbons (Fsp3) is 0.471. The molecule has 0 atom stereocenters. The molecule has 21 heavy (non-hydrogen) atoms. The zero-order valence-electron chi connectivity index (χ0n) is 13.1. The second-order valence-electron chi connectivity index (χ2n) is 5.78. The van der Waals surface area contributed by atoms with Crippen LogP contribution in [0.3, 0.4) is 0 Å². The molecule has 0 bridgehead atoms. The molecule has 0 fully saturated rings. The number of amides is 1. The Kier molecular flexibility index (Phi) is 5.39. The summed E-state index contributed by atoms with van der Waals surface area (Å²) in [6.07, 6.45) is 3.97. The van der Waals surface area contributed by atoms with E-state index >= 15 is 0 Å². The summed E-state index contributed by atoms with van der Waals surface area (Å²) < 4.78 is 0. The maximum Gasteiger partial charge on any atom is 0.253 e. The van der Waals surface area contributed by atoms with Gasteiger partial charge in [-0.2, -0.15) is 0 Å². The lowest BCUT2D eigenvalue weighted by molar-refractivity contribution is 0.0954. The highest BCUT2D eigenvalue weighted by molar-refractivity contribution is 6.05. The third-order valence-electron chi connectivity index (χ3n) is 3.94. The summed E-state index contributed by atoms with van der Waals surface area (Å²) in [5.41, 5.74) is 1.63. The molecule has 0 aliphatic heterocycles. The van der Waals surface area contributed by atoms with Crippen molar-refractivity contribution in [1.29, 1.82) is 0 Å². The van der Waals surface area contributed by atoms with E-state index in [9.17, 15) is 4.79 Å². The van der Waals surface area contributed by atoms with Gasteiger partial charge in [0.15, 0.2) is 0 Å². The number of hydrogen-bond donors (Lipinski definition) is 2. The van der Waals surface area contributed by atoms with Crippen molar-refractivity contribution in [1.82, 2.24) is 15.2 Å². The van der Waals surface area contributed by atoms with Crippen LogP contribution in [0.4, 0.5) is 0 Å². The Balaban J connectivity index is 1.79. The van der Waals surface area contributed by atoms with Crippen molar-refractivity contribution in [3.63, 3.8) is 0 Å². The summed E-state index contributed by atoms with van der Waals surface area (Å²) in [4.78, 5) is 17.7. The van der Waals surface area contributed by atoms with Gasteiger partial charge >= 0.3 is 0 Å². The number of benzene rings is 1. The molecule has 1 aromatic carbocycles. The topological polar surface area (TPSA) is 48.1 Å². The van der Waals surface area contributed by atoms with Gasteiger partial charge < -0.3 is 15.2 Å². The molecule has 4 heteroatoms. The molecule has 1 aromatic heterocycles. The molecule has 0 saturated carbocycles. The first kappa shape index (κ1) is 15.6. The second kappa shape index (κ2) is 7.27. The molecule has 0 saturated heterocycles. The van der Waals surface area contributed by atoms with Crippen molar-refractivity contribution < 1.29 is 4.79 Å². The normalized spacial score (nSPS) is 11.5. The van der Waals surface area contributed by atoms with E-state index in [2.05, 4.69) is 36.1 Å². The van der Waals surface area contributed by atoms with Gasteiger partial charge in [0, 0.05) is 24.2 Å². The lowest BCUT2D eigenvalue weighted by Crippen LogP contribution is -2.29. The van der Waals surface area contributed by atoms with Crippen LogP contribution in [-0.4, -0.2) is 42.0 Å². The van der Waals surface area contributed by atoms with Gasteiger partial charge in [-0.15, -0.1) is 0 Å². The van der Waals surface area contributed by atoms with Crippen LogP contribution in [0.5, 0.6) is 0 Å². The summed E-state index contributed by atoms with van der Waals surface area (Å²) in [6, 6.07) is 8.34. The largest absolute Gasteiger partial charge is 0.361 e. The molecule has 0 aliphatic rings. The Morgan fingerprint density at radius 3 is 2.86 bits per heavy atom. The zero-order chi connectivity index (χ0) is 15.2. The lowest BCUT2D eigenvalue weighted by atomic mass is 10.1. The Labute approximate surface area is 126 Å². The van der Waals surface area contributed by atoms with Gasteiger partial charge in [-0.1, -0.05) is 12.1 Å². The number of carbonyl (C=O) groups excluding carboxylic acids is 1. The molecule has 2 rings (SSSR count). The molecular weight excluding hydrogens is 262 g/mol. The minimum absolute atomic E-state index is 0.000245. The Morgan fingerprint density at radius 1 is 1.29 bits per heavy atom. The van der Waals surface area contributed by atoms with E-state index in [4.69, 9.17) is 0 Å². The molecule has 1 heterocycles. The second-order valence-corrected chi connectivity index (χ2v) is 5.78. The molecule has 4 nitrogen and oxygen atoms in total. The highest BCUT2D eigenvalue weighted by atomic mass is 16.1. The molecule has 2 N–H and O–H groups in total. The highest BCUT2D eigenvalue weighted by Crippen LogP contribution is 2.16. The van der Waals surface area contributed by atoms with Crippen molar-refractivity contribution in [2.24, 2.45) is 0 Å². The number of hydrogen-bond acceptors (Lipinski definition) is 2. The number of rotatable bonds is 7. The Bertz CT molecular complexity index is 588. The maximum absolute atomic E-state index is 12.2. The lowest BCUT2D eigenvalue weighted by Gasteiger charge is -2.20. The molecule has 0 spiro atoms. The Morgan fingerprint density at radius 2 is 2.10 bits per heavy atom. The number of nitrogens with zero attached hydrogens (tertiary/aromatic N) is 1. The molecule has 2 aromatic rings. The molecule has 0 aliphatic carbocycles. The van der Waals surface area contributed by atoms with E-state index < -0.39 is 0 Å². The fourth-order valence-corrected chi connectivity index (χ4v) is 2.32. The number of carbonyl (C=O) groups is 1. The van der Waals surface area contributed by atoms with Crippen LogP contribution in [0.2, 0.25) is 0 Å². The maximum atomic E-state index is 12.2. The third-order valence-corrected chi connectivity index (χ3v) is 3.94. The SMILES string of the molecule is CC(C)N(C)CCCCNC(=O)c1cccc2cc[nH]c12. The minimum atomic E-state index is 0.000245. The van der Waals surface area contributed by atoms with Crippen molar-refractivity contribution in [3.8, 4) is 0 Å². The van der Waals surface area contributed by atoms with Gasteiger partial charge in [0.1, 0.15) is 0 Å². The molecule has 0 unspecified atom stereocenters. The number of nitrogens with one attached hydrogen (secondary N) is 2. The van der Waals surface area contributed by atoms with E-state index in [1.165, 1.54) is 0 Å². The quantitative estimate of drug-likeness (QED) is 0.769. The minimum Gasteiger partial charge on any atom is -0.361 e. The monoisotopic (exact) mass is 287 g/mol. The number of aromatic nitrogens is 1. The first-order valence-electron chi connectivity index (χ1n) is 7.64. The van der Waals surface area contributed by atoms with Crippen LogP contribution >= 0.6 is 0 Å². The van der Waals surface area contributed by atoms with E-state index in [1.807, 2.05) is 30.5 Å². The van der Waals surface area contributed by atoms with E-state index in [1.54, 1.807) is 0 Å². The average Bonchev–Trinajstić information content (AvgIpc) is 2.94. The number of unbranched alkanes of at least 4 members (excludes halogenated alkanes) is 1. The number of H-pyrrole nitrogens is 1. The molecule has 114 valence electrons. The first-order valence-corrected chi connectivity index (χ1v) is 7.64. The van der Waals surface area contributed by atoms with E-state index in [0.717, 1.165) is 42.4 Å². The van der Waals surface area contributed by atoms with Gasteiger partial charge in [0.25, 0.3) is 5.91 Å². The van der Waals surface area contributed by atoms with Gasteiger partial charge in [-0.05, 0) is 52.4 Å². The van der Waals surface area contributed by atoms with Crippen molar-refractivity contribution >= 4 is 16.8 Å². The third kappa shape index (κ3) is 4.08. The summed E-state index contributed by atoms with van der Waals surface area (Å²) in [7, 11) is 2.13. The zero-order valence-corrected chi connectivity index (χ0v) is 13.1. The average molecular weight is 287 g/mol. The van der Waals surface area contributed by atoms with Crippen LogP contribution in [0.25, 0.3) is 10.9 Å². The predicted molar refractivity (Wildman–Crippen MR) is 87.6 cm³/mol. The summed E-state index contributed by atoms with van der Waals surface area (Å²) in [6.45, 7) is 6.18. The Hall–Kier alpha value is -1.81. The van der Waals surface area contributed by atoms with Crippen LogP contribution in [0.1, 0.15) is 37.0 Å². The van der Waals surface area contributed by atoms with E-state index in [-0.39, 0.29) is 5.91 Å². The van der Waals surface area contributed by atoms with Crippen molar-refractivity contribution in [3.05, 3.63) is 36.0 Å². The fourth-order valence-electron chi connectivity index (χ4n) is 2.32.